The Hall–Kier alpha value is -1.76. The van der Waals surface area contributed by atoms with E-state index >= 15 is 0 Å². The first-order valence-corrected chi connectivity index (χ1v) is 6.80. The van der Waals surface area contributed by atoms with E-state index in [1.165, 1.54) is 0 Å². The van der Waals surface area contributed by atoms with Crippen LogP contribution in [0.15, 0.2) is 6.07 Å². The number of hydrogen-bond acceptors (Lipinski definition) is 3. The van der Waals surface area contributed by atoms with Gasteiger partial charge in [-0.25, -0.2) is 8.78 Å². The Kier molecular flexibility index (Phi) is 4.72. The summed E-state index contributed by atoms with van der Waals surface area (Å²) in [6.45, 7) is 0.806. The van der Waals surface area contributed by atoms with E-state index in [9.17, 15) is 18.0 Å². The normalized spacial score (nSPS) is 21.5. The van der Waals surface area contributed by atoms with E-state index < -0.39 is 34.7 Å². The molecule has 0 aromatic heterocycles. The number of nitrogens with one attached hydrogen (secondary N) is 1. The van der Waals surface area contributed by atoms with Crippen LogP contribution in [0.2, 0.25) is 0 Å². The maximum absolute atomic E-state index is 13.6. The van der Waals surface area contributed by atoms with E-state index in [4.69, 9.17) is 10.8 Å². The van der Waals surface area contributed by atoms with Crippen molar-refractivity contribution in [2.24, 2.45) is 17.6 Å². The zero-order valence-electron chi connectivity index (χ0n) is 11.3. The third-order valence-electron chi connectivity index (χ3n) is 4.02. The molecule has 1 aliphatic rings. The van der Waals surface area contributed by atoms with Crippen LogP contribution in [0.25, 0.3) is 0 Å². The fourth-order valence-corrected chi connectivity index (χ4v) is 2.77. The van der Waals surface area contributed by atoms with Gasteiger partial charge >= 0.3 is 0 Å². The maximum Gasteiger partial charge on any atom is 0.254 e. The molecule has 1 amide bonds. The predicted molar refractivity (Wildman–Crippen MR) is 70.2 cm³/mol. The summed E-state index contributed by atoms with van der Waals surface area (Å²) in [5, 5.41) is 11.6. The number of carbonyl (C=O) groups excluding carboxylic acids is 1. The van der Waals surface area contributed by atoms with Crippen LogP contribution < -0.4 is 11.1 Å². The Bertz CT molecular complexity index is 552. The van der Waals surface area contributed by atoms with Crippen LogP contribution in [-0.2, 0) is 0 Å². The van der Waals surface area contributed by atoms with Crippen LogP contribution in [0.1, 0.15) is 29.6 Å². The summed E-state index contributed by atoms with van der Waals surface area (Å²) in [6, 6.07) is 0.439. The van der Waals surface area contributed by atoms with Crippen LogP contribution in [0.5, 0.6) is 5.75 Å². The number of phenols is 1. The lowest BCUT2D eigenvalue weighted by Gasteiger charge is -2.18. The van der Waals surface area contributed by atoms with Crippen LogP contribution in [0.3, 0.4) is 0 Å². The van der Waals surface area contributed by atoms with Gasteiger partial charge in [-0.2, -0.15) is 4.39 Å². The highest BCUT2D eigenvalue weighted by atomic mass is 19.2. The number of nitrogens with two attached hydrogens (primary N) is 1. The van der Waals surface area contributed by atoms with Gasteiger partial charge in [0.15, 0.2) is 17.4 Å². The van der Waals surface area contributed by atoms with Gasteiger partial charge in [-0.15, -0.1) is 0 Å². The van der Waals surface area contributed by atoms with Crippen molar-refractivity contribution < 1.29 is 23.1 Å². The Morgan fingerprint density at radius 3 is 2.62 bits per heavy atom. The molecule has 1 aliphatic carbocycles. The molecule has 21 heavy (non-hydrogen) atoms. The Labute approximate surface area is 120 Å². The molecule has 1 aromatic carbocycles. The summed E-state index contributed by atoms with van der Waals surface area (Å²) in [6.07, 6.45) is 2.91. The van der Waals surface area contributed by atoms with Crippen molar-refractivity contribution in [3.63, 3.8) is 0 Å². The second-order valence-electron chi connectivity index (χ2n) is 5.28. The summed E-state index contributed by atoms with van der Waals surface area (Å²) in [5.74, 6) is -6.52. The minimum absolute atomic E-state index is 0.195. The first-order valence-electron chi connectivity index (χ1n) is 6.80. The van der Waals surface area contributed by atoms with Gasteiger partial charge in [-0.1, -0.05) is 6.42 Å². The van der Waals surface area contributed by atoms with Crippen molar-refractivity contribution in [3.8, 4) is 5.75 Å². The van der Waals surface area contributed by atoms with Crippen molar-refractivity contribution in [3.05, 3.63) is 29.1 Å². The van der Waals surface area contributed by atoms with E-state index in [0.717, 1.165) is 19.3 Å². The van der Waals surface area contributed by atoms with Gasteiger partial charge in [-0.05, 0) is 37.3 Å². The van der Waals surface area contributed by atoms with Crippen LogP contribution >= 0.6 is 0 Å². The Balaban J connectivity index is 2.07. The van der Waals surface area contributed by atoms with Gasteiger partial charge in [0, 0.05) is 6.54 Å². The maximum atomic E-state index is 13.6. The highest BCUT2D eigenvalue weighted by molar-refractivity contribution is 5.95. The van der Waals surface area contributed by atoms with Crippen molar-refractivity contribution >= 4 is 5.91 Å². The zero-order valence-corrected chi connectivity index (χ0v) is 11.3. The summed E-state index contributed by atoms with van der Waals surface area (Å²) in [7, 11) is 0. The lowest BCUT2D eigenvalue weighted by Crippen LogP contribution is -2.33. The number of rotatable bonds is 4. The number of hydrogen-bond donors (Lipinski definition) is 3. The fraction of sp³-hybridized carbons (Fsp3) is 0.500. The van der Waals surface area contributed by atoms with Gasteiger partial charge in [-0.3, -0.25) is 4.79 Å². The second-order valence-corrected chi connectivity index (χ2v) is 5.28. The SMILES string of the molecule is NCC1CCCC1CNC(=O)c1cc(F)c(F)c(O)c1F. The zero-order chi connectivity index (χ0) is 15.6. The molecule has 1 saturated carbocycles. The standard InChI is InChI=1S/C14H17F3N2O2/c15-10-4-9(11(16)13(20)12(10)17)14(21)19-6-8-3-1-2-7(8)5-18/h4,7-8,20H,1-3,5-6,18H2,(H,19,21). The largest absolute Gasteiger partial charge is 0.503 e. The van der Waals surface area contributed by atoms with Gasteiger partial charge in [0.1, 0.15) is 0 Å². The molecule has 4 nitrogen and oxygen atoms in total. The van der Waals surface area contributed by atoms with Crippen LogP contribution in [0, 0.1) is 29.3 Å². The molecule has 0 spiro atoms. The molecule has 2 rings (SSSR count). The molecule has 0 heterocycles. The fourth-order valence-electron chi connectivity index (χ4n) is 2.77. The van der Waals surface area contributed by atoms with E-state index in [1.54, 1.807) is 0 Å². The molecule has 1 aromatic rings. The van der Waals surface area contributed by atoms with Gasteiger partial charge in [0.2, 0.25) is 5.82 Å². The minimum atomic E-state index is -1.71. The average molecular weight is 302 g/mol. The van der Waals surface area contributed by atoms with Gasteiger partial charge in [0.25, 0.3) is 5.91 Å². The molecule has 1 fully saturated rings. The number of aromatic hydroxyl groups is 1. The quantitative estimate of drug-likeness (QED) is 0.744. The highest BCUT2D eigenvalue weighted by Gasteiger charge is 2.27. The molecule has 0 radical (unpaired) electrons. The van der Waals surface area contributed by atoms with Crippen LogP contribution in [-0.4, -0.2) is 24.1 Å². The molecule has 2 atom stereocenters. The molecule has 0 saturated heterocycles. The molecular formula is C14H17F3N2O2. The van der Waals surface area contributed by atoms with Crippen molar-refractivity contribution in [1.29, 1.82) is 0 Å². The Morgan fingerprint density at radius 2 is 1.95 bits per heavy atom. The Morgan fingerprint density at radius 1 is 1.29 bits per heavy atom. The predicted octanol–water partition coefficient (Wildman–Crippen LogP) is 1.91. The topological polar surface area (TPSA) is 75.3 Å². The molecule has 0 bridgehead atoms. The first kappa shape index (κ1) is 15.6. The number of halogens is 3. The van der Waals surface area contributed by atoms with Crippen molar-refractivity contribution in [2.75, 3.05) is 13.1 Å². The molecule has 7 heteroatoms. The van der Waals surface area contributed by atoms with E-state index in [2.05, 4.69) is 5.32 Å². The van der Waals surface area contributed by atoms with Crippen LogP contribution in [0.4, 0.5) is 13.2 Å². The lowest BCUT2D eigenvalue weighted by molar-refractivity contribution is 0.0938. The van der Waals surface area contributed by atoms with Gasteiger partial charge in [0.05, 0.1) is 5.56 Å². The number of phenolic OH excluding ortho intramolecular Hbond substituents is 1. The summed E-state index contributed by atoms with van der Waals surface area (Å²) in [5.41, 5.74) is 4.91. The third-order valence-corrected chi connectivity index (χ3v) is 4.02. The molecular weight excluding hydrogens is 285 g/mol. The van der Waals surface area contributed by atoms with E-state index in [1.807, 2.05) is 0 Å². The number of benzene rings is 1. The first-order chi connectivity index (χ1) is 9.95. The summed E-state index contributed by atoms with van der Waals surface area (Å²) < 4.78 is 39.7. The molecule has 4 N–H and O–H groups in total. The summed E-state index contributed by atoms with van der Waals surface area (Å²) >= 11 is 0. The van der Waals surface area contributed by atoms with E-state index in [-0.39, 0.29) is 5.92 Å². The second kappa shape index (κ2) is 6.34. The number of amides is 1. The molecule has 0 aliphatic heterocycles. The highest BCUT2D eigenvalue weighted by Crippen LogP contribution is 2.30. The van der Waals surface area contributed by atoms with Crippen molar-refractivity contribution in [2.45, 2.75) is 19.3 Å². The molecule has 116 valence electrons. The molecule has 2 unspecified atom stereocenters. The van der Waals surface area contributed by atoms with Gasteiger partial charge < -0.3 is 16.2 Å². The van der Waals surface area contributed by atoms with Crippen molar-refractivity contribution in [1.82, 2.24) is 5.32 Å². The summed E-state index contributed by atoms with van der Waals surface area (Å²) in [4.78, 5) is 11.9. The van der Waals surface area contributed by atoms with E-state index in [0.29, 0.717) is 25.1 Å². The monoisotopic (exact) mass is 302 g/mol. The third kappa shape index (κ3) is 3.12. The minimum Gasteiger partial charge on any atom is -0.503 e. The smallest absolute Gasteiger partial charge is 0.254 e. The average Bonchev–Trinajstić information content (AvgIpc) is 2.93. The lowest BCUT2D eigenvalue weighted by atomic mass is 9.96. The number of carbonyl (C=O) groups is 1.